The van der Waals surface area contributed by atoms with Gasteiger partial charge in [0.2, 0.25) is 0 Å². The molecule has 0 unspecified atom stereocenters. The standard InChI is InChI=1S/C14H18N2O3S/c1-3-16(4-2)6-5-13-15-11(9-20-13)12-7-10(8-19-12)14(17)18/h7-9H,3-6H2,1-2H3,(H,17,18). The van der Waals surface area contributed by atoms with Crippen LogP contribution in [-0.2, 0) is 6.42 Å². The van der Waals surface area contributed by atoms with Gasteiger partial charge in [-0.2, -0.15) is 0 Å². The number of likely N-dealkylation sites (N-methyl/N-ethyl adjacent to an activating group) is 1. The lowest BCUT2D eigenvalue weighted by Crippen LogP contribution is -2.25. The van der Waals surface area contributed by atoms with Crippen LogP contribution in [0.5, 0.6) is 0 Å². The van der Waals surface area contributed by atoms with E-state index in [0.717, 1.165) is 31.1 Å². The average Bonchev–Trinajstić information content (AvgIpc) is 3.08. The van der Waals surface area contributed by atoms with Crippen LogP contribution in [0.25, 0.3) is 11.5 Å². The summed E-state index contributed by atoms with van der Waals surface area (Å²) in [5, 5.41) is 11.8. The number of carbonyl (C=O) groups is 1. The van der Waals surface area contributed by atoms with Crippen LogP contribution in [0.2, 0.25) is 0 Å². The van der Waals surface area contributed by atoms with Crippen LogP contribution in [0.1, 0.15) is 29.2 Å². The van der Waals surface area contributed by atoms with Gasteiger partial charge in [-0.15, -0.1) is 11.3 Å². The summed E-state index contributed by atoms with van der Waals surface area (Å²) >= 11 is 1.58. The maximum Gasteiger partial charge on any atom is 0.338 e. The lowest BCUT2D eigenvalue weighted by atomic mass is 10.3. The summed E-state index contributed by atoms with van der Waals surface area (Å²) in [5.74, 6) is -0.482. The van der Waals surface area contributed by atoms with Gasteiger partial charge in [0.05, 0.1) is 10.6 Å². The molecule has 2 aromatic rings. The molecule has 0 saturated carbocycles. The zero-order valence-corrected chi connectivity index (χ0v) is 12.4. The number of carboxylic acids is 1. The Hall–Kier alpha value is -1.66. The topological polar surface area (TPSA) is 66.6 Å². The molecule has 0 atom stereocenters. The smallest absolute Gasteiger partial charge is 0.338 e. The second-order valence-electron chi connectivity index (χ2n) is 4.41. The van der Waals surface area contributed by atoms with Crippen molar-refractivity contribution in [3.63, 3.8) is 0 Å². The molecule has 2 heterocycles. The summed E-state index contributed by atoms with van der Waals surface area (Å²) in [6.07, 6.45) is 2.14. The molecule has 0 radical (unpaired) electrons. The molecule has 108 valence electrons. The van der Waals surface area contributed by atoms with Crippen molar-refractivity contribution >= 4 is 17.3 Å². The Morgan fingerprint density at radius 3 is 2.80 bits per heavy atom. The molecule has 2 rings (SSSR count). The minimum atomic E-state index is -0.989. The molecule has 20 heavy (non-hydrogen) atoms. The van der Waals surface area contributed by atoms with E-state index in [2.05, 4.69) is 23.7 Å². The summed E-state index contributed by atoms with van der Waals surface area (Å²) in [7, 11) is 0. The molecule has 1 N–H and O–H groups in total. The number of hydrogen-bond donors (Lipinski definition) is 1. The van der Waals surface area contributed by atoms with Gasteiger partial charge < -0.3 is 14.4 Å². The third kappa shape index (κ3) is 3.46. The fourth-order valence-corrected chi connectivity index (χ4v) is 2.69. The number of rotatable bonds is 7. The second-order valence-corrected chi connectivity index (χ2v) is 5.35. The summed E-state index contributed by atoms with van der Waals surface area (Å²) < 4.78 is 5.25. The van der Waals surface area contributed by atoms with E-state index in [1.807, 2.05) is 5.38 Å². The van der Waals surface area contributed by atoms with Crippen molar-refractivity contribution in [2.45, 2.75) is 20.3 Å². The first-order chi connectivity index (χ1) is 9.63. The monoisotopic (exact) mass is 294 g/mol. The predicted octanol–water partition coefficient (Wildman–Crippen LogP) is 2.99. The summed E-state index contributed by atoms with van der Waals surface area (Å²) in [5.41, 5.74) is 0.856. The molecule has 0 bridgehead atoms. The van der Waals surface area contributed by atoms with Crippen LogP contribution < -0.4 is 0 Å². The van der Waals surface area contributed by atoms with Gasteiger partial charge in [-0.1, -0.05) is 13.8 Å². The minimum absolute atomic E-state index is 0.151. The van der Waals surface area contributed by atoms with Crippen LogP contribution in [0.4, 0.5) is 0 Å². The van der Waals surface area contributed by atoms with E-state index in [4.69, 9.17) is 9.52 Å². The lowest BCUT2D eigenvalue weighted by molar-refractivity contribution is 0.0696. The van der Waals surface area contributed by atoms with Crippen LogP contribution in [0.3, 0.4) is 0 Å². The van der Waals surface area contributed by atoms with E-state index < -0.39 is 5.97 Å². The number of hydrogen-bond acceptors (Lipinski definition) is 5. The van der Waals surface area contributed by atoms with Crippen molar-refractivity contribution in [2.24, 2.45) is 0 Å². The van der Waals surface area contributed by atoms with Crippen molar-refractivity contribution in [3.8, 4) is 11.5 Å². The van der Waals surface area contributed by atoms with Gasteiger partial charge in [0, 0.05) is 24.4 Å². The molecule has 5 nitrogen and oxygen atoms in total. The van der Waals surface area contributed by atoms with Gasteiger partial charge in [0.25, 0.3) is 0 Å². The zero-order chi connectivity index (χ0) is 14.5. The molecule has 6 heteroatoms. The lowest BCUT2D eigenvalue weighted by Gasteiger charge is -2.16. The van der Waals surface area contributed by atoms with Crippen LogP contribution in [0.15, 0.2) is 22.1 Å². The summed E-state index contributed by atoms with van der Waals surface area (Å²) in [6.45, 7) is 7.35. The molecular formula is C14H18N2O3S. The Balaban J connectivity index is 2.02. The van der Waals surface area contributed by atoms with Gasteiger partial charge in [-0.3, -0.25) is 0 Å². The fraction of sp³-hybridized carbons (Fsp3) is 0.429. The largest absolute Gasteiger partial charge is 0.478 e. The van der Waals surface area contributed by atoms with Crippen LogP contribution >= 0.6 is 11.3 Å². The van der Waals surface area contributed by atoms with Crippen molar-refractivity contribution in [2.75, 3.05) is 19.6 Å². The third-order valence-corrected chi connectivity index (χ3v) is 4.10. The molecule has 0 spiro atoms. The molecule has 0 aliphatic rings. The average molecular weight is 294 g/mol. The molecule has 0 amide bonds. The fourth-order valence-electron chi connectivity index (χ4n) is 1.92. The van der Waals surface area contributed by atoms with E-state index in [-0.39, 0.29) is 5.56 Å². The zero-order valence-electron chi connectivity index (χ0n) is 11.6. The molecule has 0 fully saturated rings. The Labute approximate surface area is 121 Å². The Morgan fingerprint density at radius 1 is 1.45 bits per heavy atom. The number of aromatic nitrogens is 1. The quantitative estimate of drug-likeness (QED) is 0.850. The first kappa shape index (κ1) is 14.7. The van der Waals surface area contributed by atoms with E-state index in [0.29, 0.717) is 11.5 Å². The van der Waals surface area contributed by atoms with Crippen molar-refractivity contribution in [3.05, 3.63) is 28.3 Å². The van der Waals surface area contributed by atoms with Gasteiger partial charge in [-0.05, 0) is 13.1 Å². The second kappa shape index (κ2) is 6.67. The highest BCUT2D eigenvalue weighted by atomic mass is 32.1. The van der Waals surface area contributed by atoms with Gasteiger partial charge in [0.1, 0.15) is 12.0 Å². The summed E-state index contributed by atoms with van der Waals surface area (Å²) in [4.78, 5) is 17.7. The van der Waals surface area contributed by atoms with E-state index in [9.17, 15) is 4.79 Å². The van der Waals surface area contributed by atoms with Crippen LogP contribution in [-0.4, -0.2) is 40.6 Å². The maximum absolute atomic E-state index is 10.8. The molecule has 0 aromatic carbocycles. The highest BCUT2D eigenvalue weighted by Crippen LogP contribution is 2.24. The minimum Gasteiger partial charge on any atom is -0.478 e. The Kier molecular flexibility index (Phi) is 4.92. The van der Waals surface area contributed by atoms with Crippen molar-refractivity contribution in [1.29, 1.82) is 0 Å². The molecule has 0 aliphatic carbocycles. The summed E-state index contributed by atoms with van der Waals surface area (Å²) in [6, 6.07) is 1.51. The van der Waals surface area contributed by atoms with Crippen LogP contribution in [0, 0.1) is 0 Å². The Bertz CT molecular complexity index is 572. The van der Waals surface area contributed by atoms with Gasteiger partial charge >= 0.3 is 5.97 Å². The van der Waals surface area contributed by atoms with Gasteiger partial charge in [-0.25, -0.2) is 9.78 Å². The highest BCUT2D eigenvalue weighted by molar-refractivity contribution is 7.09. The van der Waals surface area contributed by atoms with E-state index >= 15 is 0 Å². The molecule has 0 saturated heterocycles. The van der Waals surface area contributed by atoms with E-state index in [1.165, 1.54) is 12.3 Å². The number of furan rings is 1. The number of thiazole rings is 1. The van der Waals surface area contributed by atoms with Crippen molar-refractivity contribution in [1.82, 2.24) is 9.88 Å². The normalized spacial score (nSPS) is 11.2. The molecule has 2 aromatic heterocycles. The van der Waals surface area contributed by atoms with Crippen molar-refractivity contribution < 1.29 is 14.3 Å². The number of carboxylic acid groups (broad SMARTS) is 1. The Morgan fingerprint density at radius 2 is 2.20 bits per heavy atom. The number of nitrogens with zero attached hydrogens (tertiary/aromatic N) is 2. The first-order valence-corrected chi connectivity index (χ1v) is 7.51. The SMILES string of the molecule is CCN(CC)CCc1nc(-c2cc(C(=O)O)co2)cs1. The third-order valence-electron chi connectivity index (χ3n) is 3.19. The molecule has 0 aliphatic heterocycles. The maximum atomic E-state index is 10.8. The predicted molar refractivity (Wildman–Crippen MR) is 78.3 cm³/mol. The van der Waals surface area contributed by atoms with Gasteiger partial charge in [0.15, 0.2) is 5.76 Å². The first-order valence-electron chi connectivity index (χ1n) is 6.63. The van der Waals surface area contributed by atoms with E-state index in [1.54, 1.807) is 11.3 Å². The number of aromatic carboxylic acids is 1. The molecular weight excluding hydrogens is 276 g/mol. The highest BCUT2D eigenvalue weighted by Gasteiger charge is 2.13.